The first-order valence-electron chi connectivity index (χ1n) is 3.81. The fourth-order valence-corrected chi connectivity index (χ4v) is 1.08. The molecule has 0 heterocycles. The second-order valence-electron chi connectivity index (χ2n) is 2.57. The maximum Gasteiger partial charge on any atom is 0.276 e. The number of nitrogens with two attached hydrogens (primary N) is 1. The third-order valence-corrected chi connectivity index (χ3v) is 1.77. The molecule has 0 saturated heterocycles. The van der Waals surface area contributed by atoms with Gasteiger partial charge in [-0.1, -0.05) is 0 Å². The van der Waals surface area contributed by atoms with Gasteiger partial charge < -0.3 is 10.5 Å². The van der Waals surface area contributed by atoms with Crippen molar-refractivity contribution in [3.8, 4) is 5.75 Å². The highest BCUT2D eigenvalue weighted by Crippen LogP contribution is 2.27. The predicted octanol–water partition coefficient (Wildman–Crippen LogP) is 1.20. The number of ether oxygens (including phenoxy) is 1. The van der Waals surface area contributed by atoms with Gasteiger partial charge in [-0.15, -0.1) is 0 Å². The predicted molar refractivity (Wildman–Crippen MR) is 47.5 cm³/mol. The Kier molecular flexibility index (Phi) is 2.98. The number of methoxy groups -OCH3 is 1. The first-order chi connectivity index (χ1) is 6.60. The Hall–Kier alpha value is -1.69. The summed E-state index contributed by atoms with van der Waals surface area (Å²) in [7, 11) is 1.30. The van der Waals surface area contributed by atoms with E-state index < -0.39 is 10.7 Å². The lowest BCUT2D eigenvalue weighted by molar-refractivity contribution is -0.385. The molecule has 0 unspecified atom stereocenters. The average molecular weight is 200 g/mol. The number of benzene rings is 1. The molecule has 0 aliphatic rings. The Labute approximate surface area is 79.4 Å². The molecule has 0 aromatic heterocycles. The van der Waals surface area contributed by atoms with E-state index in [4.69, 9.17) is 10.5 Å². The number of non-ortho nitro benzene ring substituents is 1. The summed E-state index contributed by atoms with van der Waals surface area (Å²) < 4.78 is 18.0. The van der Waals surface area contributed by atoms with E-state index in [9.17, 15) is 14.5 Å². The van der Waals surface area contributed by atoms with Crippen molar-refractivity contribution >= 4 is 5.69 Å². The molecule has 1 rings (SSSR count). The van der Waals surface area contributed by atoms with Gasteiger partial charge in [0.25, 0.3) is 5.69 Å². The summed E-state index contributed by atoms with van der Waals surface area (Å²) in [6.45, 7) is -0.0625. The first kappa shape index (κ1) is 10.4. The minimum atomic E-state index is -0.724. The monoisotopic (exact) mass is 200 g/mol. The van der Waals surface area contributed by atoms with Gasteiger partial charge in [-0.3, -0.25) is 10.1 Å². The number of hydrogen-bond acceptors (Lipinski definition) is 4. The molecule has 2 N–H and O–H groups in total. The number of nitro groups is 1. The maximum absolute atomic E-state index is 13.2. The van der Waals surface area contributed by atoms with Crippen molar-refractivity contribution in [3.63, 3.8) is 0 Å². The van der Waals surface area contributed by atoms with Crippen LogP contribution in [-0.4, -0.2) is 12.0 Å². The molecule has 14 heavy (non-hydrogen) atoms. The zero-order valence-corrected chi connectivity index (χ0v) is 7.49. The number of rotatable bonds is 3. The number of halogens is 1. The van der Waals surface area contributed by atoms with Gasteiger partial charge in [0.2, 0.25) is 0 Å². The van der Waals surface area contributed by atoms with Crippen molar-refractivity contribution in [1.82, 2.24) is 0 Å². The lowest BCUT2D eigenvalue weighted by atomic mass is 10.1. The molecular weight excluding hydrogens is 191 g/mol. The van der Waals surface area contributed by atoms with E-state index in [2.05, 4.69) is 0 Å². The summed E-state index contributed by atoms with van der Waals surface area (Å²) in [5.74, 6) is -0.627. The topological polar surface area (TPSA) is 78.4 Å². The van der Waals surface area contributed by atoms with Gasteiger partial charge in [0.05, 0.1) is 24.2 Å². The van der Waals surface area contributed by atoms with Crippen molar-refractivity contribution in [3.05, 3.63) is 33.6 Å². The third-order valence-electron chi connectivity index (χ3n) is 1.77. The summed E-state index contributed by atoms with van der Waals surface area (Å²) in [5, 5.41) is 10.4. The molecule has 0 fully saturated rings. The summed E-state index contributed by atoms with van der Waals surface area (Å²) in [5.41, 5.74) is 5.05. The van der Waals surface area contributed by atoms with Crippen LogP contribution in [0.5, 0.6) is 5.75 Å². The van der Waals surface area contributed by atoms with Gasteiger partial charge in [-0.05, 0) is 0 Å². The molecule has 6 heteroatoms. The zero-order chi connectivity index (χ0) is 10.7. The first-order valence-corrected chi connectivity index (χ1v) is 3.81. The number of hydrogen-bond donors (Lipinski definition) is 1. The molecule has 0 radical (unpaired) electrons. The summed E-state index contributed by atoms with van der Waals surface area (Å²) >= 11 is 0. The molecular formula is C8H9FN2O3. The van der Waals surface area contributed by atoms with Gasteiger partial charge in [-0.25, -0.2) is 4.39 Å². The van der Waals surface area contributed by atoms with Crippen molar-refractivity contribution in [1.29, 1.82) is 0 Å². The fourth-order valence-electron chi connectivity index (χ4n) is 1.08. The third kappa shape index (κ3) is 1.80. The molecule has 0 bridgehead atoms. The SMILES string of the molecule is COc1cc([N+](=O)[O-])cc(F)c1CN. The van der Waals surface area contributed by atoms with Crippen LogP contribution in [0.25, 0.3) is 0 Å². The van der Waals surface area contributed by atoms with Gasteiger partial charge in [-0.2, -0.15) is 0 Å². The van der Waals surface area contributed by atoms with Crippen molar-refractivity contribution < 1.29 is 14.1 Å². The molecule has 76 valence electrons. The van der Waals surface area contributed by atoms with E-state index in [1.165, 1.54) is 7.11 Å². The van der Waals surface area contributed by atoms with E-state index in [1.54, 1.807) is 0 Å². The highest BCUT2D eigenvalue weighted by atomic mass is 19.1. The molecule has 0 atom stereocenters. The molecule has 0 aliphatic carbocycles. The summed E-state index contributed by atoms with van der Waals surface area (Å²) in [6.07, 6.45) is 0. The van der Waals surface area contributed by atoms with Gasteiger partial charge >= 0.3 is 0 Å². The van der Waals surface area contributed by atoms with Crippen molar-refractivity contribution in [2.75, 3.05) is 7.11 Å². The standard InChI is InChI=1S/C8H9FN2O3/c1-14-8-3-5(11(12)13)2-7(9)6(8)4-10/h2-3H,4,10H2,1H3. The Morgan fingerprint density at radius 3 is 2.71 bits per heavy atom. The number of nitrogens with zero attached hydrogens (tertiary/aromatic N) is 1. The van der Waals surface area contributed by atoms with Crippen LogP contribution in [0, 0.1) is 15.9 Å². The van der Waals surface area contributed by atoms with Crippen molar-refractivity contribution in [2.24, 2.45) is 5.73 Å². The van der Waals surface area contributed by atoms with E-state index in [0.717, 1.165) is 12.1 Å². The molecule has 1 aromatic carbocycles. The van der Waals surface area contributed by atoms with Gasteiger partial charge in [0, 0.05) is 12.1 Å². The highest BCUT2D eigenvalue weighted by molar-refractivity contribution is 5.45. The second-order valence-corrected chi connectivity index (χ2v) is 2.57. The van der Waals surface area contributed by atoms with Crippen LogP contribution >= 0.6 is 0 Å². The Balaban J connectivity index is 3.31. The molecule has 0 saturated carbocycles. The van der Waals surface area contributed by atoms with Crippen LogP contribution in [0.4, 0.5) is 10.1 Å². The van der Waals surface area contributed by atoms with E-state index >= 15 is 0 Å². The van der Waals surface area contributed by atoms with Crippen LogP contribution < -0.4 is 10.5 Å². The highest BCUT2D eigenvalue weighted by Gasteiger charge is 2.15. The summed E-state index contributed by atoms with van der Waals surface area (Å²) in [6, 6.07) is 1.97. The normalized spacial score (nSPS) is 9.93. The van der Waals surface area contributed by atoms with Crippen LogP contribution in [0.3, 0.4) is 0 Å². The average Bonchev–Trinajstić information content (AvgIpc) is 2.16. The van der Waals surface area contributed by atoms with E-state index in [-0.39, 0.29) is 23.5 Å². The fraction of sp³-hybridized carbons (Fsp3) is 0.250. The minimum absolute atomic E-state index is 0.0625. The van der Waals surface area contributed by atoms with Crippen LogP contribution in [0.15, 0.2) is 12.1 Å². The molecule has 0 spiro atoms. The van der Waals surface area contributed by atoms with E-state index in [1.807, 2.05) is 0 Å². The molecule has 0 amide bonds. The Bertz CT molecular complexity index is 368. The molecule has 5 nitrogen and oxygen atoms in total. The molecule has 1 aromatic rings. The van der Waals surface area contributed by atoms with Gasteiger partial charge in [0.15, 0.2) is 0 Å². The number of nitro benzene ring substituents is 1. The Morgan fingerprint density at radius 2 is 2.29 bits per heavy atom. The Morgan fingerprint density at radius 1 is 1.64 bits per heavy atom. The van der Waals surface area contributed by atoms with E-state index in [0.29, 0.717) is 0 Å². The van der Waals surface area contributed by atoms with Crippen LogP contribution in [-0.2, 0) is 6.54 Å². The quantitative estimate of drug-likeness (QED) is 0.587. The van der Waals surface area contributed by atoms with Crippen LogP contribution in [0.2, 0.25) is 0 Å². The molecule has 0 aliphatic heterocycles. The van der Waals surface area contributed by atoms with Crippen LogP contribution in [0.1, 0.15) is 5.56 Å². The lowest BCUT2D eigenvalue weighted by Gasteiger charge is -2.06. The van der Waals surface area contributed by atoms with Gasteiger partial charge in [0.1, 0.15) is 11.6 Å². The minimum Gasteiger partial charge on any atom is -0.496 e. The maximum atomic E-state index is 13.2. The smallest absolute Gasteiger partial charge is 0.276 e. The lowest BCUT2D eigenvalue weighted by Crippen LogP contribution is -2.04. The van der Waals surface area contributed by atoms with Crippen molar-refractivity contribution in [2.45, 2.75) is 6.54 Å². The summed E-state index contributed by atoms with van der Waals surface area (Å²) in [4.78, 5) is 9.68. The zero-order valence-electron chi connectivity index (χ0n) is 7.49. The second kappa shape index (κ2) is 4.01. The largest absolute Gasteiger partial charge is 0.496 e.